The van der Waals surface area contributed by atoms with Crippen molar-refractivity contribution in [1.82, 2.24) is 4.31 Å². The normalized spacial score (nSPS) is 17.7. The summed E-state index contributed by atoms with van der Waals surface area (Å²) in [6.07, 6.45) is -0.864. The molecule has 0 N–H and O–H groups in total. The van der Waals surface area contributed by atoms with Crippen molar-refractivity contribution in [3.63, 3.8) is 0 Å². The van der Waals surface area contributed by atoms with Crippen molar-refractivity contribution in [1.29, 1.82) is 0 Å². The third kappa shape index (κ3) is 2.82. The SMILES string of the molecule is COc1ccc(C2COC(=O)N2S(=O)(=O)c2ccc(C)cc2)cc1. The van der Waals surface area contributed by atoms with Gasteiger partial charge in [-0.1, -0.05) is 29.8 Å². The number of carbonyl (C=O) groups excluding carboxylic acids is 1. The van der Waals surface area contributed by atoms with Crippen LogP contribution in [-0.4, -0.2) is 32.5 Å². The van der Waals surface area contributed by atoms with Crippen LogP contribution >= 0.6 is 0 Å². The predicted octanol–water partition coefficient (Wildman–Crippen LogP) is 2.89. The Labute approximate surface area is 140 Å². The molecular formula is C17H17NO5S. The van der Waals surface area contributed by atoms with E-state index in [1.807, 2.05) is 6.92 Å². The van der Waals surface area contributed by atoms with Crippen molar-refractivity contribution in [3.8, 4) is 5.75 Å². The van der Waals surface area contributed by atoms with E-state index in [2.05, 4.69) is 0 Å². The summed E-state index contributed by atoms with van der Waals surface area (Å²) in [6, 6.07) is 12.5. The van der Waals surface area contributed by atoms with Crippen LogP contribution in [0.1, 0.15) is 17.2 Å². The fourth-order valence-corrected chi connectivity index (χ4v) is 4.03. The van der Waals surface area contributed by atoms with Gasteiger partial charge in [-0.2, -0.15) is 4.31 Å². The predicted molar refractivity (Wildman–Crippen MR) is 87.3 cm³/mol. The van der Waals surface area contributed by atoms with Gasteiger partial charge in [0.1, 0.15) is 18.4 Å². The summed E-state index contributed by atoms with van der Waals surface area (Å²) in [6.45, 7) is 1.84. The molecule has 1 amide bonds. The largest absolute Gasteiger partial charge is 0.497 e. The molecule has 24 heavy (non-hydrogen) atoms. The van der Waals surface area contributed by atoms with Crippen LogP contribution in [0, 0.1) is 6.92 Å². The summed E-state index contributed by atoms with van der Waals surface area (Å²) in [4.78, 5) is 12.1. The maximum Gasteiger partial charge on any atom is 0.424 e. The summed E-state index contributed by atoms with van der Waals surface area (Å²) >= 11 is 0. The molecule has 2 aromatic carbocycles. The molecule has 1 aliphatic rings. The van der Waals surface area contributed by atoms with E-state index in [0.29, 0.717) is 11.3 Å². The van der Waals surface area contributed by atoms with Gasteiger partial charge in [0, 0.05) is 0 Å². The number of rotatable bonds is 4. The third-order valence-corrected chi connectivity index (χ3v) is 5.70. The fraction of sp³-hybridized carbons (Fsp3) is 0.235. The van der Waals surface area contributed by atoms with E-state index in [-0.39, 0.29) is 11.5 Å². The van der Waals surface area contributed by atoms with Gasteiger partial charge in [0.2, 0.25) is 0 Å². The highest BCUT2D eigenvalue weighted by molar-refractivity contribution is 7.89. The average molecular weight is 347 g/mol. The summed E-state index contributed by atoms with van der Waals surface area (Å²) in [5, 5.41) is 0. The zero-order valence-electron chi connectivity index (χ0n) is 13.3. The van der Waals surface area contributed by atoms with Gasteiger partial charge in [0.15, 0.2) is 0 Å². The van der Waals surface area contributed by atoms with Gasteiger partial charge in [0.25, 0.3) is 10.0 Å². The van der Waals surface area contributed by atoms with Crippen molar-refractivity contribution < 1.29 is 22.7 Å². The van der Waals surface area contributed by atoms with Gasteiger partial charge in [-0.3, -0.25) is 0 Å². The number of hydrogen-bond acceptors (Lipinski definition) is 5. The Bertz CT molecular complexity index is 844. The Balaban J connectivity index is 1.99. The van der Waals surface area contributed by atoms with Crippen molar-refractivity contribution in [2.45, 2.75) is 17.9 Å². The van der Waals surface area contributed by atoms with E-state index >= 15 is 0 Å². The van der Waals surface area contributed by atoms with Crippen LogP contribution in [0.2, 0.25) is 0 Å². The molecule has 126 valence electrons. The lowest BCUT2D eigenvalue weighted by atomic mass is 10.1. The first-order valence-electron chi connectivity index (χ1n) is 7.35. The van der Waals surface area contributed by atoms with Crippen molar-refractivity contribution in [2.75, 3.05) is 13.7 Å². The van der Waals surface area contributed by atoms with Gasteiger partial charge in [-0.15, -0.1) is 0 Å². The van der Waals surface area contributed by atoms with Gasteiger partial charge in [-0.25, -0.2) is 13.2 Å². The number of ether oxygens (including phenoxy) is 2. The standard InChI is InChI=1S/C17H17NO5S/c1-12-3-9-15(10-4-12)24(20,21)18-16(11-23-17(18)19)13-5-7-14(22-2)8-6-13/h3-10,16H,11H2,1-2H3. The summed E-state index contributed by atoms with van der Waals surface area (Å²) in [5.74, 6) is 0.650. The zero-order valence-corrected chi connectivity index (χ0v) is 14.1. The molecule has 6 nitrogen and oxygen atoms in total. The highest BCUT2D eigenvalue weighted by Crippen LogP contribution is 2.34. The van der Waals surface area contributed by atoms with E-state index in [4.69, 9.17) is 9.47 Å². The molecule has 3 rings (SSSR count). The van der Waals surface area contributed by atoms with E-state index in [1.165, 1.54) is 12.1 Å². The Morgan fingerprint density at radius 2 is 1.71 bits per heavy atom. The lowest BCUT2D eigenvalue weighted by molar-refractivity contribution is 0.170. The number of cyclic esters (lactones) is 1. The number of methoxy groups -OCH3 is 1. The summed E-state index contributed by atoms with van der Waals surface area (Å²) in [5.41, 5.74) is 1.60. The molecule has 0 aromatic heterocycles. The molecule has 1 unspecified atom stereocenters. The van der Waals surface area contributed by atoms with E-state index in [0.717, 1.165) is 9.87 Å². The van der Waals surface area contributed by atoms with Gasteiger partial charge >= 0.3 is 6.09 Å². The first kappa shape index (κ1) is 16.3. The molecule has 2 aromatic rings. The van der Waals surface area contributed by atoms with Crippen LogP contribution < -0.4 is 4.74 Å². The van der Waals surface area contributed by atoms with E-state index < -0.39 is 22.2 Å². The minimum atomic E-state index is -3.99. The number of sulfonamides is 1. The first-order valence-corrected chi connectivity index (χ1v) is 8.79. The third-order valence-electron chi connectivity index (χ3n) is 3.91. The molecular weight excluding hydrogens is 330 g/mol. The average Bonchev–Trinajstić information content (AvgIpc) is 2.98. The van der Waals surface area contributed by atoms with Gasteiger partial charge in [-0.05, 0) is 36.8 Å². The molecule has 1 atom stereocenters. The minimum Gasteiger partial charge on any atom is -0.497 e. The number of hydrogen-bond donors (Lipinski definition) is 0. The van der Waals surface area contributed by atoms with Crippen molar-refractivity contribution >= 4 is 16.1 Å². The minimum absolute atomic E-state index is 0.0176. The first-order chi connectivity index (χ1) is 11.4. The Morgan fingerprint density at radius 3 is 2.29 bits per heavy atom. The lowest BCUT2D eigenvalue weighted by Gasteiger charge is -2.21. The number of benzene rings is 2. The van der Waals surface area contributed by atoms with Crippen LogP contribution in [0.4, 0.5) is 4.79 Å². The topological polar surface area (TPSA) is 72.9 Å². The second-order valence-corrected chi connectivity index (χ2v) is 7.29. The maximum absolute atomic E-state index is 12.9. The Morgan fingerprint density at radius 1 is 1.08 bits per heavy atom. The molecule has 0 spiro atoms. The molecule has 7 heteroatoms. The second kappa shape index (κ2) is 6.16. The summed E-state index contributed by atoms with van der Waals surface area (Å²) < 4.78 is 36.6. The smallest absolute Gasteiger partial charge is 0.424 e. The van der Waals surface area contributed by atoms with Crippen LogP contribution in [0.25, 0.3) is 0 Å². The highest BCUT2D eigenvalue weighted by Gasteiger charge is 2.43. The zero-order chi connectivity index (χ0) is 17.3. The summed E-state index contributed by atoms with van der Waals surface area (Å²) in [7, 11) is -2.44. The number of carbonyl (C=O) groups is 1. The van der Waals surface area contributed by atoms with Crippen LogP contribution in [0.5, 0.6) is 5.75 Å². The molecule has 0 radical (unpaired) electrons. The quantitative estimate of drug-likeness (QED) is 0.850. The molecule has 1 aliphatic heterocycles. The van der Waals surface area contributed by atoms with Crippen LogP contribution in [0.3, 0.4) is 0 Å². The highest BCUT2D eigenvalue weighted by atomic mass is 32.2. The van der Waals surface area contributed by atoms with Crippen molar-refractivity contribution in [2.24, 2.45) is 0 Å². The number of amides is 1. The van der Waals surface area contributed by atoms with Crippen LogP contribution in [0.15, 0.2) is 53.4 Å². The monoisotopic (exact) mass is 347 g/mol. The van der Waals surface area contributed by atoms with E-state index in [9.17, 15) is 13.2 Å². The Hall–Kier alpha value is -2.54. The molecule has 1 saturated heterocycles. The molecule has 0 aliphatic carbocycles. The van der Waals surface area contributed by atoms with Crippen molar-refractivity contribution in [3.05, 3.63) is 59.7 Å². The van der Waals surface area contributed by atoms with Crippen LogP contribution in [-0.2, 0) is 14.8 Å². The second-order valence-electron chi connectivity index (χ2n) is 5.48. The van der Waals surface area contributed by atoms with Gasteiger partial charge < -0.3 is 9.47 Å². The van der Waals surface area contributed by atoms with Gasteiger partial charge in [0.05, 0.1) is 12.0 Å². The maximum atomic E-state index is 12.9. The molecule has 1 heterocycles. The lowest BCUT2D eigenvalue weighted by Crippen LogP contribution is -2.34. The van der Waals surface area contributed by atoms with E-state index in [1.54, 1.807) is 43.5 Å². The molecule has 0 saturated carbocycles. The number of aryl methyl sites for hydroxylation is 1. The molecule has 1 fully saturated rings. The molecule has 0 bridgehead atoms. The fourth-order valence-electron chi connectivity index (χ4n) is 2.56. The number of nitrogens with zero attached hydrogens (tertiary/aromatic N) is 1. The Kier molecular flexibility index (Phi) is 4.19.